The normalized spacial score (nSPS) is 11.6. The highest BCUT2D eigenvalue weighted by Gasteiger charge is 2.10. The van der Waals surface area contributed by atoms with E-state index in [1.807, 2.05) is 0 Å². The number of methoxy groups -OCH3 is 1. The number of rotatable bonds is 4. The Hall–Kier alpha value is -1.26. The largest absolute Gasteiger partial charge is 0.508 e. The van der Waals surface area contributed by atoms with Crippen LogP contribution in [0.25, 0.3) is 0 Å². The summed E-state index contributed by atoms with van der Waals surface area (Å²) in [6.07, 6.45) is -0.909. The molecular formula is C8H14O5. The van der Waals surface area contributed by atoms with Gasteiger partial charge in [-0.15, -0.1) is 0 Å². The Balaban J connectivity index is 3.56. The van der Waals surface area contributed by atoms with Crippen LogP contribution in [0, 0.1) is 0 Å². The summed E-state index contributed by atoms with van der Waals surface area (Å²) in [5.41, 5.74) is 0. The molecule has 0 saturated carbocycles. The highest BCUT2D eigenvalue weighted by atomic mass is 16.7. The molecule has 0 aliphatic heterocycles. The van der Waals surface area contributed by atoms with Crippen LogP contribution in [0.2, 0.25) is 0 Å². The molecule has 76 valence electrons. The van der Waals surface area contributed by atoms with E-state index in [9.17, 15) is 9.59 Å². The molecule has 0 aliphatic rings. The van der Waals surface area contributed by atoms with Crippen molar-refractivity contribution in [2.24, 2.45) is 0 Å². The quantitative estimate of drug-likeness (QED) is 0.621. The monoisotopic (exact) mass is 190 g/mol. The van der Waals surface area contributed by atoms with Gasteiger partial charge in [0.05, 0.1) is 7.11 Å². The van der Waals surface area contributed by atoms with Gasteiger partial charge in [-0.2, -0.15) is 0 Å². The average molecular weight is 190 g/mol. The molecule has 0 saturated heterocycles. The molecule has 0 amide bonds. The fraction of sp³-hybridized carbons (Fsp3) is 0.750. The molecule has 0 heterocycles. The maximum Gasteiger partial charge on any atom is 0.508 e. The van der Waals surface area contributed by atoms with Crippen LogP contribution in [-0.2, 0) is 19.0 Å². The third kappa shape index (κ3) is 5.95. The fourth-order valence-electron chi connectivity index (χ4n) is 0.586. The van der Waals surface area contributed by atoms with Crippen LogP contribution in [0.3, 0.4) is 0 Å². The minimum Gasteiger partial charge on any atom is -0.459 e. The number of hydrogen-bond acceptors (Lipinski definition) is 5. The van der Waals surface area contributed by atoms with Crippen molar-refractivity contribution in [3.05, 3.63) is 0 Å². The fourth-order valence-corrected chi connectivity index (χ4v) is 0.586. The van der Waals surface area contributed by atoms with Crippen LogP contribution >= 0.6 is 0 Å². The number of carbonyl (C=O) groups is 2. The van der Waals surface area contributed by atoms with Crippen LogP contribution in [0.5, 0.6) is 0 Å². The predicted octanol–water partition coefficient (Wildman–Crippen LogP) is 1.11. The van der Waals surface area contributed by atoms with Crippen molar-refractivity contribution < 1.29 is 23.8 Å². The zero-order valence-electron chi connectivity index (χ0n) is 8.03. The average Bonchev–Trinajstić information content (AvgIpc) is 2.13. The summed E-state index contributed by atoms with van der Waals surface area (Å²) in [7, 11) is 1.21. The smallest absolute Gasteiger partial charge is 0.459 e. The van der Waals surface area contributed by atoms with Crippen molar-refractivity contribution in [1.29, 1.82) is 0 Å². The molecule has 0 aromatic heterocycles. The maximum atomic E-state index is 10.7. The SMILES string of the molecule is CCC(=O)OC(C)COC(=O)OC. The molecular weight excluding hydrogens is 176 g/mol. The van der Waals surface area contributed by atoms with E-state index in [4.69, 9.17) is 4.74 Å². The molecule has 5 heteroatoms. The zero-order chi connectivity index (χ0) is 10.3. The van der Waals surface area contributed by atoms with Crippen molar-refractivity contribution in [3.8, 4) is 0 Å². The van der Waals surface area contributed by atoms with Gasteiger partial charge < -0.3 is 14.2 Å². The lowest BCUT2D eigenvalue weighted by molar-refractivity contribution is -0.150. The first-order valence-electron chi connectivity index (χ1n) is 4.00. The van der Waals surface area contributed by atoms with Crippen molar-refractivity contribution in [2.75, 3.05) is 13.7 Å². The number of carbonyl (C=O) groups excluding carboxylic acids is 2. The summed E-state index contributed by atoms with van der Waals surface area (Å²) in [4.78, 5) is 21.2. The molecule has 0 aliphatic carbocycles. The van der Waals surface area contributed by atoms with Gasteiger partial charge in [-0.25, -0.2) is 4.79 Å². The Labute approximate surface area is 77.0 Å². The lowest BCUT2D eigenvalue weighted by atomic mass is 10.4. The second kappa shape index (κ2) is 6.28. The summed E-state index contributed by atoms with van der Waals surface area (Å²) in [5.74, 6) is -0.319. The van der Waals surface area contributed by atoms with Gasteiger partial charge in [-0.1, -0.05) is 6.92 Å². The first-order chi connectivity index (χ1) is 6.10. The lowest BCUT2D eigenvalue weighted by Gasteiger charge is -2.11. The van der Waals surface area contributed by atoms with E-state index < -0.39 is 12.3 Å². The van der Waals surface area contributed by atoms with Crippen molar-refractivity contribution in [2.45, 2.75) is 26.4 Å². The van der Waals surface area contributed by atoms with Gasteiger partial charge in [0.2, 0.25) is 0 Å². The van der Waals surface area contributed by atoms with Crippen LogP contribution in [0.15, 0.2) is 0 Å². The van der Waals surface area contributed by atoms with E-state index in [-0.39, 0.29) is 12.6 Å². The highest BCUT2D eigenvalue weighted by Crippen LogP contribution is 1.96. The molecule has 0 radical (unpaired) electrons. The summed E-state index contributed by atoms with van der Waals surface area (Å²) in [6, 6.07) is 0. The lowest BCUT2D eigenvalue weighted by Crippen LogP contribution is -2.21. The second-order valence-electron chi connectivity index (χ2n) is 2.42. The van der Waals surface area contributed by atoms with Gasteiger partial charge in [-0.3, -0.25) is 4.79 Å². The van der Waals surface area contributed by atoms with E-state index >= 15 is 0 Å². The van der Waals surface area contributed by atoms with E-state index in [2.05, 4.69) is 9.47 Å². The Morgan fingerprint density at radius 2 is 2.00 bits per heavy atom. The van der Waals surface area contributed by atoms with Gasteiger partial charge in [0.15, 0.2) is 0 Å². The molecule has 1 atom stereocenters. The number of ether oxygens (including phenoxy) is 3. The summed E-state index contributed by atoms with van der Waals surface area (Å²) < 4.78 is 13.6. The minimum atomic E-state index is -0.778. The van der Waals surface area contributed by atoms with E-state index in [0.717, 1.165) is 0 Å². The molecule has 0 rings (SSSR count). The van der Waals surface area contributed by atoms with Crippen molar-refractivity contribution >= 4 is 12.1 Å². The molecule has 0 aromatic rings. The van der Waals surface area contributed by atoms with Gasteiger partial charge in [-0.05, 0) is 6.92 Å². The summed E-state index contributed by atoms with van der Waals surface area (Å²) in [6.45, 7) is 3.34. The minimum absolute atomic E-state index is 0.0123. The summed E-state index contributed by atoms with van der Waals surface area (Å²) >= 11 is 0. The Bertz CT molecular complexity index is 177. The Morgan fingerprint density at radius 3 is 2.46 bits per heavy atom. The van der Waals surface area contributed by atoms with Gasteiger partial charge in [0.1, 0.15) is 12.7 Å². The Morgan fingerprint density at radius 1 is 1.38 bits per heavy atom. The topological polar surface area (TPSA) is 61.8 Å². The zero-order valence-corrected chi connectivity index (χ0v) is 8.03. The molecule has 5 nitrogen and oxygen atoms in total. The van der Waals surface area contributed by atoms with Crippen molar-refractivity contribution in [1.82, 2.24) is 0 Å². The molecule has 0 N–H and O–H groups in total. The third-order valence-electron chi connectivity index (χ3n) is 1.22. The maximum absolute atomic E-state index is 10.7. The molecule has 1 unspecified atom stereocenters. The molecule has 13 heavy (non-hydrogen) atoms. The van der Waals surface area contributed by atoms with Gasteiger partial charge >= 0.3 is 12.1 Å². The molecule has 0 spiro atoms. The van der Waals surface area contributed by atoms with Crippen LogP contribution in [-0.4, -0.2) is 31.9 Å². The van der Waals surface area contributed by atoms with E-state index in [1.54, 1.807) is 13.8 Å². The summed E-state index contributed by atoms with van der Waals surface area (Å²) in [5, 5.41) is 0. The van der Waals surface area contributed by atoms with Gasteiger partial charge in [0.25, 0.3) is 0 Å². The van der Waals surface area contributed by atoms with Crippen LogP contribution < -0.4 is 0 Å². The molecule has 0 fully saturated rings. The second-order valence-corrected chi connectivity index (χ2v) is 2.42. The van der Waals surface area contributed by atoms with Gasteiger partial charge in [0, 0.05) is 6.42 Å². The number of hydrogen-bond donors (Lipinski definition) is 0. The Kier molecular flexibility index (Phi) is 5.67. The van der Waals surface area contributed by atoms with Crippen LogP contribution in [0.1, 0.15) is 20.3 Å². The standard InChI is InChI=1S/C8H14O5/c1-4-7(9)13-6(2)5-12-8(10)11-3/h6H,4-5H2,1-3H3. The van der Waals surface area contributed by atoms with Crippen molar-refractivity contribution in [3.63, 3.8) is 0 Å². The first-order valence-corrected chi connectivity index (χ1v) is 4.00. The van der Waals surface area contributed by atoms with E-state index in [0.29, 0.717) is 6.42 Å². The first kappa shape index (κ1) is 11.7. The molecule has 0 bridgehead atoms. The molecule has 0 aromatic carbocycles. The number of esters is 1. The van der Waals surface area contributed by atoms with E-state index in [1.165, 1.54) is 7.11 Å². The predicted molar refractivity (Wildman–Crippen MR) is 44.2 cm³/mol. The third-order valence-corrected chi connectivity index (χ3v) is 1.22. The highest BCUT2D eigenvalue weighted by molar-refractivity contribution is 5.69. The van der Waals surface area contributed by atoms with Crippen LogP contribution in [0.4, 0.5) is 4.79 Å².